The SMILES string of the molecule is CCCCC(CC)CC(NC)C1(C)CC1. The van der Waals surface area contributed by atoms with E-state index in [0.717, 1.165) is 12.0 Å². The van der Waals surface area contributed by atoms with E-state index >= 15 is 0 Å². The fraction of sp³-hybridized carbons (Fsp3) is 1.00. The zero-order chi connectivity index (χ0) is 11.3. The fourth-order valence-corrected chi connectivity index (χ4v) is 2.61. The Kier molecular flexibility index (Phi) is 5.11. The van der Waals surface area contributed by atoms with E-state index in [0.29, 0.717) is 5.41 Å². The standard InChI is InChI=1S/C14H29N/c1-5-7-8-12(6-2)11-13(15-4)14(3)9-10-14/h12-13,15H,5-11H2,1-4H3. The van der Waals surface area contributed by atoms with Gasteiger partial charge in [-0.25, -0.2) is 0 Å². The van der Waals surface area contributed by atoms with E-state index in [9.17, 15) is 0 Å². The smallest absolute Gasteiger partial charge is 0.0120 e. The molecule has 0 saturated heterocycles. The van der Waals surface area contributed by atoms with Crippen molar-refractivity contribution in [3.05, 3.63) is 0 Å². The summed E-state index contributed by atoms with van der Waals surface area (Å²) in [5, 5.41) is 3.55. The topological polar surface area (TPSA) is 12.0 Å². The van der Waals surface area contributed by atoms with E-state index < -0.39 is 0 Å². The lowest BCUT2D eigenvalue weighted by Gasteiger charge is -2.27. The molecule has 0 bridgehead atoms. The molecule has 0 aliphatic heterocycles. The third kappa shape index (κ3) is 3.79. The number of hydrogen-bond donors (Lipinski definition) is 1. The highest BCUT2D eigenvalue weighted by Gasteiger charge is 2.44. The summed E-state index contributed by atoms with van der Waals surface area (Å²) in [5.41, 5.74) is 0.633. The summed E-state index contributed by atoms with van der Waals surface area (Å²) in [6, 6.07) is 0.763. The van der Waals surface area contributed by atoms with E-state index in [-0.39, 0.29) is 0 Å². The number of unbranched alkanes of at least 4 members (excludes halogenated alkanes) is 1. The molecule has 1 saturated carbocycles. The molecule has 90 valence electrons. The molecule has 0 aromatic carbocycles. The Balaban J connectivity index is 2.34. The molecule has 0 heterocycles. The van der Waals surface area contributed by atoms with Crippen molar-refractivity contribution in [3.8, 4) is 0 Å². The number of rotatable bonds is 8. The van der Waals surface area contributed by atoms with Gasteiger partial charge in [-0.05, 0) is 37.6 Å². The van der Waals surface area contributed by atoms with Crippen LogP contribution < -0.4 is 5.32 Å². The molecule has 1 nitrogen and oxygen atoms in total. The van der Waals surface area contributed by atoms with Gasteiger partial charge in [0.15, 0.2) is 0 Å². The molecule has 0 spiro atoms. The maximum absolute atomic E-state index is 3.55. The van der Waals surface area contributed by atoms with Gasteiger partial charge in [-0.3, -0.25) is 0 Å². The van der Waals surface area contributed by atoms with Crippen molar-refractivity contribution in [1.29, 1.82) is 0 Å². The van der Waals surface area contributed by atoms with Gasteiger partial charge in [0, 0.05) is 6.04 Å². The van der Waals surface area contributed by atoms with Crippen molar-refractivity contribution in [2.24, 2.45) is 11.3 Å². The lowest BCUT2D eigenvalue weighted by atomic mass is 9.85. The first-order chi connectivity index (χ1) is 7.16. The molecule has 1 aliphatic rings. The van der Waals surface area contributed by atoms with Crippen LogP contribution in [0.15, 0.2) is 0 Å². The summed E-state index contributed by atoms with van der Waals surface area (Å²) in [6.45, 7) is 7.09. The van der Waals surface area contributed by atoms with Gasteiger partial charge in [-0.15, -0.1) is 0 Å². The summed E-state index contributed by atoms with van der Waals surface area (Å²) in [6.07, 6.45) is 9.80. The highest BCUT2D eigenvalue weighted by molar-refractivity contribution is 4.98. The Morgan fingerprint density at radius 2 is 1.93 bits per heavy atom. The highest BCUT2D eigenvalue weighted by atomic mass is 14.9. The van der Waals surface area contributed by atoms with Crippen molar-refractivity contribution in [2.45, 2.75) is 71.8 Å². The van der Waals surface area contributed by atoms with Crippen LogP contribution in [0.3, 0.4) is 0 Å². The van der Waals surface area contributed by atoms with Crippen molar-refractivity contribution >= 4 is 0 Å². The van der Waals surface area contributed by atoms with E-state index in [2.05, 4.69) is 33.1 Å². The third-order valence-electron chi connectivity index (χ3n) is 4.34. The Labute approximate surface area is 96.0 Å². The average Bonchev–Trinajstić information content (AvgIpc) is 2.98. The largest absolute Gasteiger partial charge is 0.316 e. The monoisotopic (exact) mass is 211 g/mol. The molecule has 0 aromatic heterocycles. The lowest BCUT2D eigenvalue weighted by Crippen LogP contribution is -2.35. The normalized spacial score (nSPS) is 22.4. The summed E-state index contributed by atoms with van der Waals surface area (Å²) in [7, 11) is 2.14. The molecular weight excluding hydrogens is 182 g/mol. The lowest BCUT2D eigenvalue weighted by molar-refractivity contribution is 0.285. The van der Waals surface area contributed by atoms with Crippen LogP contribution in [0, 0.1) is 11.3 Å². The van der Waals surface area contributed by atoms with Gasteiger partial charge in [0.25, 0.3) is 0 Å². The quantitative estimate of drug-likeness (QED) is 0.640. The van der Waals surface area contributed by atoms with Crippen LogP contribution in [-0.4, -0.2) is 13.1 Å². The average molecular weight is 211 g/mol. The molecule has 0 aromatic rings. The van der Waals surface area contributed by atoms with Crippen LogP contribution in [0.5, 0.6) is 0 Å². The zero-order valence-electron chi connectivity index (χ0n) is 11.1. The van der Waals surface area contributed by atoms with Gasteiger partial charge < -0.3 is 5.32 Å². The summed E-state index contributed by atoms with van der Waals surface area (Å²) in [4.78, 5) is 0. The molecule has 1 heteroatoms. The second-order valence-corrected chi connectivity index (χ2v) is 5.65. The molecule has 0 amide bonds. The number of nitrogens with one attached hydrogen (secondary N) is 1. The van der Waals surface area contributed by atoms with Gasteiger partial charge in [0.1, 0.15) is 0 Å². The van der Waals surface area contributed by atoms with Crippen molar-refractivity contribution < 1.29 is 0 Å². The van der Waals surface area contributed by atoms with E-state index in [1.54, 1.807) is 0 Å². The Morgan fingerprint density at radius 3 is 2.33 bits per heavy atom. The Hall–Kier alpha value is -0.0400. The van der Waals surface area contributed by atoms with Crippen LogP contribution in [0.4, 0.5) is 0 Å². The molecule has 1 N–H and O–H groups in total. The maximum atomic E-state index is 3.55. The molecule has 2 atom stereocenters. The molecular formula is C14H29N. The molecule has 1 aliphatic carbocycles. The van der Waals surface area contributed by atoms with Crippen molar-refractivity contribution in [1.82, 2.24) is 5.32 Å². The van der Waals surface area contributed by atoms with Crippen LogP contribution >= 0.6 is 0 Å². The van der Waals surface area contributed by atoms with Crippen LogP contribution in [0.2, 0.25) is 0 Å². The molecule has 1 fully saturated rings. The summed E-state index contributed by atoms with van der Waals surface area (Å²) in [5.74, 6) is 0.944. The molecule has 0 radical (unpaired) electrons. The Bertz CT molecular complexity index is 172. The molecule has 15 heavy (non-hydrogen) atoms. The first-order valence-corrected chi connectivity index (χ1v) is 6.83. The first-order valence-electron chi connectivity index (χ1n) is 6.83. The zero-order valence-corrected chi connectivity index (χ0v) is 11.1. The van der Waals surface area contributed by atoms with Gasteiger partial charge in [0.2, 0.25) is 0 Å². The summed E-state index contributed by atoms with van der Waals surface area (Å²) >= 11 is 0. The predicted octanol–water partition coefficient (Wildman–Crippen LogP) is 3.98. The molecule has 1 rings (SSSR count). The second-order valence-electron chi connectivity index (χ2n) is 5.65. The van der Waals surface area contributed by atoms with Crippen LogP contribution in [-0.2, 0) is 0 Å². The Morgan fingerprint density at radius 1 is 1.27 bits per heavy atom. The van der Waals surface area contributed by atoms with Gasteiger partial charge in [-0.1, -0.05) is 46.5 Å². The van der Waals surface area contributed by atoms with Gasteiger partial charge in [-0.2, -0.15) is 0 Å². The molecule has 2 unspecified atom stereocenters. The fourth-order valence-electron chi connectivity index (χ4n) is 2.61. The van der Waals surface area contributed by atoms with E-state index in [1.165, 1.54) is 44.9 Å². The predicted molar refractivity (Wildman–Crippen MR) is 68.1 cm³/mol. The van der Waals surface area contributed by atoms with Gasteiger partial charge in [0.05, 0.1) is 0 Å². The minimum Gasteiger partial charge on any atom is -0.316 e. The van der Waals surface area contributed by atoms with Gasteiger partial charge >= 0.3 is 0 Å². The van der Waals surface area contributed by atoms with Crippen LogP contribution in [0.1, 0.15) is 65.7 Å². The second kappa shape index (κ2) is 5.89. The minimum absolute atomic E-state index is 0.633. The van der Waals surface area contributed by atoms with E-state index in [1.807, 2.05) is 0 Å². The summed E-state index contributed by atoms with van der Waals surface area (Å²) < 4.78 is 0. The van der Waals surface area contributed by atoms with Crippen molar-refractivity contribution in [2.75, 3.05) is 7.05 Å². The van der Waals surface area contributed by atoms with E-state index in [4.69, 9.17) is 0 Å². The van der Waals surface area contributed by atoms with Crippen LogP contribution in [0.25, 0.3) is 0 Å². The maximum Gasteiger partial charge on any atom is 0.0120 e. The third-order valence-corrected chi connectivity index (χ3v) is 4.34. The van der Waals surface area contributed by atoms with Crippen molar-refractivity contribution in [3.63, 3.8) is 0 Å². The number of hydrogen-bond acceptors (Lipinski definition) is 1. The minimum atomic E-state index is 0.633. The first kappa shape index (κ1) is 13.0. The highest BCUT2D eigenvalue weighted by Crippen LogP contribution is 2.49.